The number of hydrogen-bond donors (Lipinski definition) is 2. The summed E-state index contributed by atoms with van der Waals surface area (Å²) in [7, 11) is 0. The number of ether oxygens (including phenoxy) is 1. The van der Waals surface area contributed by atoms with Crippen LogP contribution in [0, 0.1) is 0 Å². The molecular formula is C10H18N2O2. The fourth-order valence-corrected chi connectivity index (χ4v) is 0.664. The molecule has 0 aliphatic rings. The van der Waals surface area contributed by atoms with Crippen LogP contribution in [0.1, 0.15) is 13.8 Å². The first-order valence-electron chi connectivity index (χ1n) is 4.55. The first kappa shape index (κ1) is 12.7. The summed E-state index contributed by atoms with van der Waals surface area (Å²) in [6.45, 7) is 5.06. The van der Waals surface area contributed by atoms with E-state index in [1.165, 1.54) is 13.0 Å². The maximum atomic E-state index is 10.5. The molecule has 4 heteroatoms. The van der Waals surface area contributed by atoms with Crippen LogP contribution in [0.3, 0.4) is 0 Å². The van der Waals surface area contributed by atoms with Crippen molar-refractivity contribution in [3.8, 4) is 0 Å². The lowest BCUT2D eigenvalue weighted by Crippen LogP contribution is -2.16. The summed E-state index contributed by atoms with van der Waals surface area (Å²) in [5.74, 6) is 0.0246. The Balaban J connectivity index is 3.26. The van der Waals surface area contributed by atoms with Crippen LogP contribution in [0.4, 0.5) is 0 Å². The minimum absolute atomic E-state index is 0.0246. The van der Waals surface area contributed by atoms with Gasteiger partial charge in [-0.25, -0.2) is 0 Å². The lowest BCUT2D eigenvalue weighted by atomic mass is 10.4. The molecule has 0 heterocycles. The van der Waals surface area contributed by atoms with E-state index in [9.17, 15) is 4.79 Å². The van der Waals surface area contributed by atoms with Gasteiger partial charge in [-0.15, -0.1) is 0 Å². The highest BCUT2D eigenvalue weighted by Gasteiger charge is 1.88. The number of hydrogen-bond acceptors (Lipinski definition) is 4. The molecule has 0 spiro atoms. The van der Waals surface area contributed by atoms with Gasteiger partial charge in [0.05, 0.1) is 13.2 Å². The van der Waals surface area contributed by atoms with Gasteiger partial charge in [0.15, 0.2) is 5.78 Å². The van der Waals surface area contributed by atoms with Crippen LogP contribution in [-0.2, 0) is 9.53 Å². The molecule has 0 unspecified atom stereocenters. The van der Waals surface area contributed by atoms with Crippen LogP contribution in [0.15, 0.2) is 24.0 Å². The van der Waals surface area contributed by atoms with Crippen molar-refractivity contribution in [1.29, 1.82) is 0 Å². The Hall–Kier alpha value is -1.29. The predicted molar refractivity (Wildman–Crippen MR) is 56.6 cm³/mol. The van der Waals surface area contributed by atoms with Gasteiger partial charge in [-0.1, -0.05) is 6.08 Å². The molecule has 0 aromatic rings. The number of nitrogens with two attached hydrogens (primary N) is 1. The van der Waals surface area contributed by atoms with Crippen LogP contribution < -0.4 is 11.1 Å². The molecule has 0 rings (SSSR count). The molecule has 0 radical (unpaired) electrons. The number of carbonyl (C=O) groups is 1. The summed E-state index contributed by atoms with van der Waals surface area (Å²) in [6.07, 6.45) is 4.90. The number of nitrogens with one attached hydrogen (secondary N) is 1. The molecule has 0 saturated carbocycles. The summed E-state index contributed by atoms with van der Waals surface area (Å²) in [5, 5.41) is 2.92. The quantitative estimate of drug-likeness (QED) is 0.463. The minimum atomic E-state index is 0.0246. The minimum Gasteiger partial charge on any atom is -0.400 e. The molecule has 3 N–H and O–H groups in total. The summed E-state index contributed by atoms with van der Waals surface area (Å²) in [6, 6.07) is 0. The first-order valence-corrected chi connectivity index (χ1v) is 4.55. The van der Waals surface area contributed by atoms with Crippen LogP contribution in [0.5, 0.6) is 0 Å². The van der Waals surface area contributed by atoms with Crippen molar-refractivity contribution >= 4 is 5.78 Å². The predicted octanol–water partition coefficient (Wildman–Crippen LogP) is 0.558. The van der Waals surface area contributed by atoms with E-state index in [0.29, 0.717) is 19.8 Å². The Kier molecular flexibility index (Phi) is 7.55. The third-order valence-corrected chi connectivity index (χ3v) is 1.47. The molecule has 0 bridgehead atoms. The van der Waals surface area contributed by atoms with Crippen LogP contribution in [0.2, 0.25) is 0 Å². The highest BCUT2D eigenvalue weighted by Crippen LogP contribution is 1.84. The van der Waals surface area contributed by atoms with Crippen LogP contribution in [0.25, 0.3) is 0 Å². The Labute approximate surface area is 84.8 Å². The molecule has 4 nitrogen and oxygen atoms in total. The van der Waals surface area contributed by atoms with Crippen LogP contribution >= 0.6 is 0 Å². The van der Waals surface area contributed by atoms with Crippen molar-refractivity contribution in [3.63, 3.8) is 0 Å². The summed E-state index contributed by atoms with van der Waals surface area (Å²) < 4.78 is 5.22. The van der Waals surface area contributed by atoms with Crippen molar-refractivity contribution in [2.24, 2.45) is 5.73 Å². The zero-order chi connectivity index (χ0) is 10.8. The van der Waals surface area contributed by atoms with E-state index in [2.05, 4.69) is 5.32 Å². The molecule has 0 aliphatic carbocycles. The monoisotopic (exact) mass is 198 g/mol. The average molecular weight is 198 g/mol. The van der Waals surface area contributed by atoms with Gasteiger partial charge in [0.1, 0.15) is 0 Å². The fourth-order valence-electron chi connectivity index (χ4n) is 0.664. The van der Waals surface area contributed by atoms with E-state index < -0.39 is 0 Å². The van der Waals surface area contributed by atoms with Gasteiger partial charge < -0.3 is 15.8 Å². The molecule has 0 atom stereocenters. The average Bonchev–Trinajstić information content (AvgIpc) is 2.15. The summed E-state index contributed by atoms with van der Waals surface area (Å²) in [5.41, 5.74) is 6.24. The van der Waals surface area contributed by atoms with Gasteiger partial charge in [-0.2, -0.15) is 0 Å². The van der Waals surface area contributed by atoms with Crippen molar-refractivity contribution in [2.45, 2.75) is 13.8 Å². The van der Waals surface area contributed by atoms with Gasteiger partial charge in [-0.3, -0.25) is 4.79 Å². The second-order valence-electron chi connectivity index (χ2n) is 2.81. The second-order valence-corrected chi connectivity index (χ2v) is 2.81. The maximum absolute atomic E-state index is 10.5. The normalized spacial score (nSPS) is 12.0. The topological polar surface area (TPSA) is 64.3 Å². The van der Waals surface area contributed by atoms with Crippen LogP contribution in [-0.4, -0.2) is 25.5 Å². The Morgan fingerprint density at radius 2 is 2.29 bits per heavy atom. The van der Waals surface area contributed by atoms with E-state index in [1.807, 2.05) is 13.0 Å². The van der Waals surface area contributed by atoms with Crippen molar-refractivity contribution in [1.82, 2.24) is 5.32 Å². The van der Waals surface area contributed by atoms with E-state index in [1.54, 1.807) is 6.20 Å². The zero-order valence-electron chi connectivity index (χ0n) is 8.75. The highest BCUT2D eigenvalue weighted by molar-refractivity contribution is 5.87. The first-order chi connectivity index (χ1) is 6.66. The summed E-state index contributed by atoms with van der Waals surface area (Å²) in [4.78, 5) is 10.5. The largest absolute Gasteiger partial charge is 0.400 e. The Morgan fingerprint density at radius 1 is 1.57 bits per heavy atom. The molecule has 80 valence electrons. The zero-order valence-corrected chi connectivity index (χ0v) is 8.75. The van der Waals surface area contributed by atoms with E-state index >= 15 is 0 Å². The molecule has 14 heavy (non-hydrogen) atoms. The van der Waals surface area contributed by atoms with Gasteiger partial charge >= 0.3 is 0 Å². The van der Waals surface area contributed by atoms with Gasteiger partial charge in [0, 0.05) is 18.4 Å². The van der Waals surface area contributed by atoms with Crippen molar-refractivity contribution < 1.29 is 9.53 Å². The Morgan fingerprint density at radius 3 is 2.86 bits per heavy atom. The molecule has 0 aromatic heterocycles. The summed E-state index contributed by atoms with van der Waals surface area (Å²) >= 11 is 0. The third-order valence-electron chi connectivity index (χ3n) is 1.47. The second kappa shape index (κ2) is 8.31. The van der Waals surface area contributed by atoms with E-state index in [4.69, 9.17) is 10.5 Å². The number of ketones is 1. The highest BCUT2D eigenvalue weighted by atomic mass is 16.5. The van der Waals surface area contributed by atoms with E-state index in [0.717, 1.165) is 5.70 Å². The van der Waals surface area contributed by atoms with E-state index in [-0.39, 0.29) is 5.78 Å². The lowest BCUT2D eigenvalue weighted by molar-refractivity contribution is -0.112. The van der Waals surface area contributed by atoms with Gasteiger partial charge in [0.25, 0.3) is 0 Å². The molecule has 0 amide bonds. The molecule has 0 aliphatic heterocycles. The molecule has 0 aromatic carbocycles. The fraction of sp³-hybridized carbons (Fsp3) is 0.500. The lowest BCUT2D eigenvalue weighted by Gasteiger charge is -2.03. The number of allylic oxidation sites excluding steroid dienone is 2. The van der Waals surface area contributed by atoms with Crippen molar-refractivity contribution in [2.75, 3.05) is 19.8 Å². The Bertz CT molecular complexity index is 222. The SMILES string of the molecule is C/C=C(\N)COCCN/C=C\C(C)=O. The van der Waals surface area contributed by atoms with Gasteiger partial charge in [0.2, 0.25) is 0 Å². The molecule has 0 saturated heterocycles. The molecule has 0 fully saturated rings. The molecular weight excluding hydrogens is 180 g/mol. The standard InChI is InChI=1S/C10H18N2O2/c1-3-10(11)8-14-7-6-12-5-4-9(2)13/h3-5,12H,6-8,11H2,1-2H3/b5-4-,10-3-. The van der Waals surface area contributed by atoms with Crippen molar-refractivity contribution in [3.05, 3.63) is 24.0 Å². The maximum Gasteiger partial charge on any atom is 0.154 e. The number of carbonyl (C=O) groups excluding carboxylic acids is 1. The number of rotatable bonds is 7. The third kappa shape index (κ3) is 8.80. The smallest absolute Gasteiger partial charge is 0.154 e. The van der Waals surface area contributed by atoms with Gasteiger partial charge in [-0.05, 0) is 19.9 Å².